The lowest BCUT2D eigenvalue weighted by atomic mass is 10.2. The van der Waals surface area contributed by atoms with Crippen LogP contribution in [0.4, 0.5) is 5.69 Å². The van der Waals surface area contributed by atoms with E-state index < -0.39 is 45.0 Å². The summed E-state index contributed by atoms with van der Waals surface area (Å²) in [5.41, 5.74) is -0.556. The van der Waals surface area contributed by atoms with E-state index in [0.717, 1.165) is 6.07 Å². The molecular weight excluding hydrogens is 388 g/mol. The van der Waals surface area contributed by atoms with E-state index in [4.69, 9.17) is 16.3 Å². The summed E-state index contributed by atoms with van der Waals surface area (Å²) in [5.74, 6) is -1.51. The second-order valence-electron chi connectivity index (χ2n) is 5.74. The molecule has 1 atom stereocenters. The number of hydrogen-bond donors (Lipinski definition) is 0. The first-order valence-corrected chi connectivity index (χ1v) is 9.95. The van der Waals surface area contributed by atoms with Gasteiger partial charge in [-0.1, -0.05) is 11.6 Å². The quantitative estimate of drug-likeness (QED) is 0.399. The lowest BCUT2D eigenvalue weighted by Gasteiger charge is -2.26. The van der Waals surface area contributed by atoms with Gasteiger partial charge in [0.1, 0.15) is 5.02 Å². The minimum atomic E-state index is -3.15. The summed E-state index contributed by atoms with van der Waals surface area (Å²) >= 11 is 5.68. The molecular formula is C15H17ClN2O7S. The Hall–Kier alpha value is -2.20. The van der Waals surface area contributed by atoms with Gasteiger partial charge >= 0.3 is 5.97 Å². The highest BCUT2D eigenvalue weighted by Crippen LogP contribution is 2.25. The van der Waals surface area contributed by atoms with Crippen LogP contribution in [0.1, 0.15) is 23.7 Å². The number of hydrogen-bond acceptors (Lipinski definition) is 7. The van der Waals surface area contributed by atoms with E-state index in [-0.39, 0.29) is 28.6 Å². The van der Waals surface area contributed by atoms with Crippen molar-refractivity contribution in [1.82, 2.24) is 4.90 Å². The molecule has 1 aliphatic heterocycles. The van der Waals surface area contributed by atoms with E-state index in [1.165, 1.54) is 17.0 Å². The number of nitrogens with zero attached hydrogens (tertiary/aromatic N) is 2. The van der Waals surface area contributed by atoms with E-state index >= 15 is 0 Å². The molecule has 0 spiro atoms. The molecule has 1 aromatic carbocycles. The minimum Gasteiger partial charge on any atom is -0.452 e. The molecule has 11 heteroatoms. The second kappa shape index (κ2) is 8.00. The lowest BCUT2D eigenvalue weighted by molar-refractivity contribution is -0.384. The highest BCUT2D eigenvalue weighted by molar-refractivity contribution is 7.91. The molecule has 0 saturated carbocycles. The molecule has 1 amide bonds. The summed E-state index contributed by atoms with van der Waals surface area (Å²) in [4.78, 5) is 35.8. The van der Waals surface area contributed by atoms with Crippen molar-refractivity contribution in [1.29, 1.82) is 0 Å². The summed E-state index contributed by atoms with van der Waals surface area (Å²) < 4.78 is 28.0. The Bertz CT molecular complexity index is 840. The number of likely N-dealkylation sites (N-methyl/N-ethyl adjacent to an activating group) is 1. The average molecular weight is 405 g/mol. The summed E-state index contributed by atoms with van der Waals surface area (Å²) in [5, 5.41) is 10.7. The first-order chi connectivity index (χ1) is 12.1. The largest absolute Gasteiger partial charge is 0.452 e. The Labute approximate surface area is 154 Å². The topological polar surface area (TPSA) is 124 Å². The molecule has 142 valence electrons. The maximum Gasteiger partial charge on any atom is 0.338 e. The van der Waals surface area contributed by atoms with Crippen LogP contribution in [-0.4, -0.2) is 60.8 Å². The molecule has 0 aliphatic carbocycles. The normalized spacial score (nSPS) is 18.3. The van der Waals surface area contributed by atoms with Crippen molar-refractivity contribution in [3.8, 4) is 0 Å². The van der Waals surface area contributed by atoms with E-state index in [2.05, 4.69) is 0 Å². The third-order valence-corrected chi connectivity index (χ3v) is 6.09. The van der Waals surface area contributed by atoms with Crippen LogP contribution in [0, 0.1) is 10.1 Å². The highest BCUT2D eigenvalue weighted by Gasteiger charge is 2.34. The number of rotatable bonds is 6. The van der Waals surface area contributed by atoms with Crippen LogP contribution < -0.4 is 0 Å². The molecule has 0 radical (unpaired) electrons. The number of sulfone groups is 1. The fourth-order valence-electron chi connectivity index (χ4n) is 2.73. The van der Waals surface area contributed by atoms with Crippen LogP contribution >= 0.6 is 11.6 Å². The van der Waals surface area contributed by atoms with Crippen molar-refractivity contribution in [2.45, 2.75) is 19.4 Å². The summed E-state index contributed by atoms with van der Waals surface area (Å²) in [6.45, 7) is 1.40. The summed E-state index contributed by atoms with van der Waals surface area (Å²) in [7, 11) is -3.15. The van der Waals surface area contributed by atoms with Gasteiger partial charge in [-0.15, -0.1) is 0 Å². The van der Waals surface area contributed by atoms with Gasteiger partial charge in [-0.25, -0.2) is 13.2 Å². The Morgan fingerprint density at radius 2 is 2.12 bits per heavy atom. The number of esters is 1. The van der Waals surface area contributed by atoms with E-state index in [9.17, 15) is 28.1 Å². The summed E-state index contributed by atoms with van der Waals surface area (Å²) in [6.07, 6.45) is 0.346. The van der Waals surface area contributed by atoms with Gasteiger partial charge in [-0.05, 0) is 25.5 Å². The van der Waals surface area contributed by atoms with Crippen LogP contribution in [0.5, 0.6) is 0 Å². The number of halogens is 1. The number of amides is 1. The lowest BCUT2D eigenvalue weighted by Crippen LogP contribution is -2.43. The van der Waals surface area contributed by atoms with Crippen LogP contribution in [0.25, 0.3) is 0 Å². The van der Waals surface area contributed by atoms with Gasteiger partial charge in [0, 0.05) is 18.7 Å². The first-order valence-electron chi connectivity index (χ1n) is 7.75. The third kappa shape index (κ3) is 4.70. The average Bonchev–Trinajstić information content (AvgIpc) is 2.93. The van der Waals surface area contributed by atoms with Gasteiger partial charge in [-0.3, -0.25) is 14.9 Å². The summed E-state index contributed by atoms with van der Waals surface area (Å²) in [6, 6.07) is 2.98. The van der Waals surface area contributed by atoms with Crippen molar-refractivity contribution >= 4 is 39.0 Å². The second-order valence-corrected chi connectivity index (χ2v) is 8.37. The van der Waals surface area contributed by atoms with Gasteiger partial charge in [0.25, 0.3) is 11.6 Å². The minimum absolute atomic E-state index is 0.0235. The van der Waals surface area contributed by atoms with Crippen molar-refractivity contribution in [3.05, 3.63) is 38.9 Å². The Morgan fingerprint density at radius 3 is 2.65 bits per heavy atom. The van der Waals surface area contributed by atoms with Crippen LogP contribution in [-0.2, 0) is 19.4 Å². The first kappa shape index (κ1) is 20.1. The van der Waals surface area contributed by atoms with Gasteiger partial charge in [0.2, 0.25) is 0 Å². The molecule has 1 fully saturated rings. The van der Waals surface area contributed by atoms with Gasteiger partial charge in [-0.2, -0.15) is 0 Å². The smallest absolute Gasteiger partial charge is 0.338 e. The zero-order valence-electron chi connectivity index (χ0n) is 13.9. The van der Waals surface area contributed by atoms with Crippen molar-refractivity contribution in [3.63, 3.8) is 0 Å². The Kier molecular flexibility index (Phi) is 6.19. The molecule has 9 nitrogen and oxygen atoms in total. The molecule has 0 unspecified atom stereocenters. The van der Waals surface area contributed by atoms with Gasteiger partial charge < -0.3 is 9.64 Å². The van der Waals surface area contributed by atoms with Crippen molar-refractivity contribution < 1.29 is 27.7 Å². The van der Waals surface area contributed by atoms with Crippen molar-refractivity contribution in [2.24, 2.45) is 0 Å². The Balaban J connectivity index is 2.01. The molecule has 1 aromatic rings. The van der Waals surface area contributed by atoms with Crippen molar-refractivity contribution in [2.75, 3.05) is 24.7 Å². The molecule has 0 bridgehead atoms. The third-order valence-electron chi connectivity index (χ3n) is 4.02. The molecule has 0 N–H and O–H groups in total. The predicted octanol–water partition coefficient (Wildman–Crippen LogP) is 1.44. The van der Waals surface area contributed by atoms with Crippen LogP contribution in [0.2, 0.25) is 5.02 Å². The molecule has 1 saturated heterocycles. The predicted molar refractivity (Wildman–Crippen MR) is 92.8 cm³/mol. The van der Waals surface area contributed by atoms with E-state index in [1.54, 1.807) is 6.92 Å². The molecule has 2 rings (SSSR count). The highest BCUT2D eigenvalue weighted by atomic mass is 35.5. The molecule has 1 aliphatic rings. The molecule has 0 aromatic heterocycles. The van der Waals surface area contributed by atoms with Gasteiger partial charge in [0.15, 0.2) is 16.4 Å². The van der Waals surface area contributed by atoms with E-state index in [1.807, 2.05) is 0 Å². The van der Waals surface area contributed by atoms with E-state index in [0.29, 0.717) is 6.42 Å². The molecule has 1 heterocycles. The standard InChI is InChI=1S/C15H17ClN2O7S/c1-2-17(11-5-6-26(23,24)9-11)14(19)8-25-15(20)10-3-4-12(16)13(7-10)18(21)22/h3-4,7,11H,2,5-6,8-9H2,1H3/t11-/m0/s1. The van der Waals surface area contributed by atoms with Crippen LogP contribution in [0.3, 0.4) is 0 Å². The maximum atomic E-state index is 12.3. The van der Waals surface area contributed by atoms with Crippen LogP contribution in [0.15, 0.2) is 18.2 Å². The zero-order valence-corrected chi connectivity index (χ0v) is 15.5. The molecule has 26 heavy (non-hydrogen) atoms. The number of carbonyl (C=O) groups excluding carboxylic acids is 2. The number of nitro groups is 1. The number of ether oxygens (including phenoxy) is 1. The fourth-order valence-corrected chi connectivity index (χ4v) is 4.65. The number of carbonyl (C=O) groups is 2. The van der Waals surface area contributed by atoms with Gasteiger partial charge in [0.05, 0.1) is 22.0 Å². The SMILES string of the molecule is CCN(C(=O)COC(=O)c1ccc(Cl)c([N+](=O)[O-])c1)[C@H]1CCS(=O)(=O)C1. The number of nitro benzene ring substituents is 1. The Morgan fingerprint density at radius 1 is 1.42 bits per heavy atom. The zero-order chi connectivity index (χ0) is 19.5. The monoisotopic (exact) mass is 404 g/mol. The fraction of sp³-hybridized carbons (Fsp3) is 0.467. The number of benzene rings is 1. The maximum absolute atomic E-state index is 12.3.